The molecule has 0 saturated carbocycles. The normalized spacial score (nSPS) is 10.9. The van der Waals surface area contributed by atoms with Gasteiger partial charge in [-0.1, -0.05) is 0 Å². The van der Waals surface area contributed by atoms with E-state index in [2.05, 4.69) is 19.9 Å². The molecular weight excluding hydrogens is 225 g/mol. The number of phosphoric acid groups is 1. The Kier molecular flexibility index (Phi) is 3.32. The average molecular weight is 233 g/mol. The van der Waals surface area contributed by atoms with Crippen molar-refractivity contribution in [2.75, 3.05) is 5.73 Å². The minimum atomic E-state index is -4.64. The Morgan fingerprint density at radius 3 is 2.53 bits per heavy atom. The first kappa shape index (κ1) is 11.5. The van der Waals surface area contributed by atoms with Crippen LogP contribution in [-0.2, 0) is 4.57 Å². The maximum atomic E-state index is 8.88. The van der Waals surface area contributed by atoms with Gasteiger partial charge in [-0.15, -0.1) is 0 Å². The smallest absolute Gasteiger partial charge is 0.368 e. The monoisotopic (exact) mass is 233 g/mol. The largest absolute Gasteiger partial charge is 0.466 e. The molecule has 0 fully saturated rings. The fourth-order valence-electron chi connectivity index (χ4n) is 0.753. The quantitative estimate of drug-likeness (QED) is 0.362. The number of nitrogens with one attached hydrogen (secondary N) is 1. The molecule has 0 bridgehead atoms. The van der Waals surface area contributed by atoms with Gasteiger partial charge in [0.05, 0.1) is 12.5 Å². The number of nitrogen functional groups attached to an aromatic ring is 1. The predicted molar refractivity (Wildman–Crippen MR) is 50.4 cm³/mol. The van der Waals surface area contributed by atoms with Crippen LogP contribution in [0.2, 0.25) is 0 Å². The van der Waals surface area contributed by atoms with Gasteiger partial charge in [-0.2, -0.15) is 4.98 Å². The van der Waals surface area contributed by atoms with E-state index in [-0.39, 0.29) is 5.95 Å². The van der Waals surface area contributed by atoms with Crippen LogP contribution in [0.3, 0.4) is 0 Å². The molecule has 0 aliphatic carbocycles. The highest BCUT2D eigenvalue weighted by molar-refractivity contribution is 7.45. The molecule has 9 nitrogen and oxygen atoms in total. The van der Waals surface area contributed by atoms with Crippen LogP contribution in [-0.4, -0.2) is 34.6 Å². The summed E-state index contributed by atoms with van der Waals surface area (Å²) in [7, 11) is -4.64. The molecule has 0 atom stereocenters. The molecule has 0 unspecified atom stereocenters. The summed E-state index contributed by atoms with van der Waals surface area (Å²) in [4.78, 5) is 36.0. The number of hydrogen-bond acceptors (Lipinski definition) is 5. The van der Waals surface area contributed by atoms with E-state index in [1.54, 1.807) is 12.5 Å². The van der Waals surface area contributed by atoms with Crippen LogP contribution in [0.4, 0.5) is 5.95 Å². The molecule has 15 heavy (non-hydrogen) atoms. The molecule has 2 rings (SSSR count). The summed E-state index contributed by atoms with van der Waals surface area (Å²) >= 11 is 0. The van der Waals surface area contributed by atoms with Crippen molar-refractivity contribution < 1.29 is 19.2 Å². The lowest BCUT2D eigenvalue weighted by Gasteiger charge is -1.87. The van der Waals surface area contributed by atoms with Gasteiger partial charge in [0.1, 0.15) is 5.52 Å². The van der Waals surface area contributed by atoms with Crippen molar-refractivity contribution in [1.82, 2.24) is 19.9 Å². The summed E-state index contributed by atoms with van der Waals surface area (Å²) in [6.07, 6.45) is 3.13. The second kappa shape index (κ2) is 4.32. The molecule has 2 heterocycles. The van der Waals surface area contributed by atoms with Crippen molar-refractivity contribution in [3.63, 3.8) is 0 Å². The Morgan fingerprint density at radius 2 is 1.93 bits per heavy atom. The number of aromatic nitrogens is 4. The van der Waals surface area contributed by atoms with Crippen LogP contribution in [0.5, 0.6) is 0 Å². The third-order valence-electron chi connectivity index (χ3n) is 1.19. The third kappa shape index (κ3) is 4.47. The molecule has 82 valence electrons. The maximum Gasteiger partial charge on any atom is 0.466 e. The zero-order valence-electron chi connectivity index (χ0n) is 7.27. The van der Waals surface area contributed by atoms with E-state index in [1.807, 2.05) is 0 Å². The highest BCUT2D eigenvalue weighted by Gasteiger charge is 2.00. The molecular formula is C5H8N5O4P. The number of H-pyrrole nitrogens is 1. The highest BCUT2D eigenvalue weighted by atomic mass is 31.2. The molecule has 2 aromatic rings. The van der Waals surface area contributed by atoms with E-state index in [9.17, 15) is 0 Å². The van der Waals surface area contributed by atoms with Crippen LogP contribution in [0, 0.1) is 0 Å². The SMILES string of the molecule is Nc1ncc2nc[nH]c2n1.O=P(O)(O)O. The third-order valence-corrected chi connectivity index (χ3v) is 1.19. The van der Waals surface area contributed by atoms with Gasteiger partial charge in [0, 0.05) is 0 Å². The van der Waals surface area contributed by atoms with Gasteiger partial charge in [0.25, 0.3) is 0 Å². The van der Waals surface area contributed by atoms with Crippen molar-refractivity contribution in [3.05, 3.63) is 12.5 Å². The van der Waals surface area contributed by atoms with Crippen molar-refractivity contribution in [3.8, 4) is 0 Å². The number of nitrogens with two attached hydrogens (primary N) is 1. The number of imidazole rings is 1. The van der Waals surface area contributed by atoms with Gasteiger partial charge in [-0.3, -0.25) is 0 Å². The lowest BCUT2D eigenvalue weighted by molar-refractivity contribution is 0.275. The first-order chi connectivity index (χ1) is 6.86. The molecule has 0 amide bonds. The van der Waals surface area contributed by atoms with Gasteiger partial charge in [-0.05, 0) is 0 Å². The van der Waals surface area contributed by atoms with Gasteiger partial charge >= 0.3 is 7.82 Å². The van der Waals surface area contributed by atoms with Crippen molar-refractivity contribution in [1.29, 1.82) is 0 Å². The van der Waals surface area contributed by atoms with Crippen LogP contribution in [0.15, 0.2) is 12.5 Å². The van der Waals surface area contributed by atoms with E-state index in [0.29, 0.717) is 5.65 Å². The molecule has 0 aliphatic rings. The molecule has 0 saturated heterocycles. The topological polar surface area (TPSA) is 158 Å². The minimum absolute atomic E-state index is 0.261. The number of anilines is 1. The molecule has 10 heteroatoms. The molecule has 0 aliphatic heterocycles. The van der Waals surface area contributed by atoms with Crippen LogP contribution < -0.4 is 5.73 Å². The highest BCUT2D eigenvalue weighted by Crippen LogP contribution is 2.25. The summed E-state index contributed by atoms with van der Waals surface area (Å²) in [5, 5.41) is 0. The lowest BCUT2D eigenvalue weighted by Crippen LogP contribution is -1.93. The zero-order valence-corrected chi connectivity index (χ0v) is 8.17. The zero-order chi connectivity index (χ0) is 11.5. The Hall–Kier alpha value is -1.54. The van der Waals surface area contributed by atoms with Crippen LogP contribution in [0.1, 0.15) is 0 Å². The van der Waals surface area contributed by atoms with E-state index in [0.717, 1.165) is 5.52 Å². The van der Waals surface area contributed by atoms with E-state index < -0.39 is 7.82 Å². The van der Waals surface area contributed by atoms with Crippen molar-refractivity contribution in [2.24, 2.45) is 0 Å². The summed E-state index contributed by atoms with van der Waals surface area (Å²) in [5.41, 5.74) is 6.72. The average Bonchev–Trinajstić information content (AvgIpc) is 2.47. The molecule has 0 radical (unpaired) electrons. The first-order valence-electron chi connectivity index (χ1n) is 3.56. The fourth-order valence-corrected chi connectivity index (χ4v) is 0.753. The number of nitrogens with zero attached hydrogens (tertiary/aromatic N) is 3. The van der Waals surface area contributed by atoms with Crippen molar-refractivity contribution >= 4 is 24.9 Å². The van der Waals surface area contributed by atoms with Gasteiger partial charge < -0.3 is 25.4 Å². The van der Waals surface area contributed by atoms with E-state index in [1.165, 1.54) is 0 Å². The summed E-state index contributed by atoms with van der Waals surface area (Å²) in [6.45, 7) is 0. The molecule has 6 N–H and O–H groups in total. The summed E-state index contributed by atoms with van der Waals surface area (Å²) in [6, 6.07) is 0. The standard InChI is InChI=1S/C5H5N5.H3O4P/c6-5-7-1-3-4(10-5)9-2-8-3;1-5(2,3)4/h1-2H,(H3,6,7,8,9,10);(H3,1,2,3,4). The van der Waals surface area contributed by atoms with Gasteiger partial charge in [0.15, 0.2) is 5.65 Å². The van der Waals surface area contributed by atoms with Crippen molar-refractivity contribution in [2.45, 2.75) is 0 Å². The summed E-state index contributed by atoms with van der Waals surface area (Å²) in [5.74, 6) is 0.261. The van der Waals surface area contributed by atoms with Gasteiger partial charge in [0.2, 0.25) is 5.95 Å². The van der Waals surface area contributed by atoms with Crippen LogP contribution in [0.25, 0.3) is 11.2 Å². The summed E-state index contributed by atoms with van der Waals surface area (Å²) < 4.78 is 8.88. The van der Waals surface area contributed by atoms with E-state index in [4.69, 9.17) is 25.0 Å². The molecule has 0 aromatic carbocycles. The second-order valence-electron chi connectivity index (χ2n) is 2.38. The Balaban J connectivity index is 0.000000195. The predicted octanol–water partition coefficient (Wildman–Crippen LogP) is -0.994. The second-order valence-corrected chi connectivity index (χ2v) is 3.40. The van der Waals surface area contributed by atoms with E-state index >= 15 is 0 Å². The number of rotatable bonds is 0. The fraction of sp³-hybridized carbons (Fsp3) is 0. The number of fused-ring (bicyclic) bond motifs is 1. The Labute approximate surface area is 83.3 Å². The Bertz CT molecular complexity index is 485. The Morgan fingerprint density at radius 1 is 1.33 bits per heavy atom. The number of hydrogen-bond donors (Lipinski definition) is 5. The minimum Gasteiger partial charge on any atom is -0.368 e. The van der Waals surface area contributed by atoms with Gasteiger partial charge in [-0.25, -0.2) is 14.5 Å². The lowest BCUT2D eigenvalue weighted by atomic mass is 10.6. The molecule has 0 spiro atoms. The number of aromatic amines is 1. The first-order valence-corrected chi connectivity index (χ1v) is 5.12. The van der Waals surface area contributed by atoms with Crippen LogP contribution >= 0.6 is 7.82 Å². The maximum absolute atomic E-state index is 8.88. The molecule has 2 aromatic heterocycles.